The second-order valence-electron chi connectivity index (χ2n) is 6.97. The summed E-state index contributed by atoms with van der Waals surface area (Å²) in [6, 6.07) is 9.62. The Hall–Kier alpha value is -2.56. The minimum Gasteiger partial charge on any atom is -0.494 e. The summed E-state index contributed by atoms with van der Waals surface area (Å²) in [5.41, 5.74) is 2.62. The quantitative estimate of drug-likeness (QED) is 0.284. The molecule has 31 heavy (non-hydrogen) atoms. The van der Waals surface area contributed by atoms with Crippen molar-refractivity contribution in [3.05, 3.63) is 53.3 Å². The first-order valence-corrected chi connectivity index (χ1v) is 9.93. The number of nitrogens with zero attached hydrogens (tertiary/aromatic N) is 1. The molecule has 7 nitrogen and oxygen atoms in total. The fourth-order valence-electron chi connectivity index (χ4n) is 3.21. The number of guanidine groups is 1. The molecule has 9 heteroatoms. The van der Waals surface area contributed by atoms with Crippen LogP contribution in [0.2, 0.25) is 0 Å². The molecule has 1 aliphatic heterocycles. The number of rotatable bonds is 7. The highest BCUT2D eigenvalue weighted by atomic mass is 127. The molecule has 168 valence electrons. The predicted molar refractivity (Wildman–Crippen MR) is 130 cm³/mol. The zero-order valence-corrected chi connectivity index (χ0v) is 20.2. The molecule has 0 spiro atoms. The van der Waals surface area contributed by atoms with E-state index in [0.717, 1.165) is 29.0 Å². The second-order valence-corrected chi connectivity index (χ2v) is 6.97. The zero-order chi connectivity index (χ0) is 21.5. The SMILES string of the molecule is CCOc1cc2c(cc1CNC(=NC)NCC(=O)Nc1ccc(F)cc1)OC(C)C2.I. The number of aliphatic imine (C=N–C) groups is 1. The summed E-state index contributed by atoms with van der Waals surface area (Å²) >= 11 is 0. The van der Waals surface area contributed by atoms with Crippen molar-refractivity contribution in [1.82, 2.24) is 10.6 Å². The third-order valence-electron chi connectivity index (χ3n) is 4.59. The summed E-state index contributed by atoms with van der Waals surface area (Å²) in [6.45, 7) is 5.03. The van der Waals surface area contributed by atoms with Crippen molar-refractivity contribution in [2.75, 3.05) is 25.5 Å². The van der Waals surface area contributed by atoms with Gasteiger partial charge in [-0.3, -0.25) is 9.79 Å². The van der Waals surface area contributed by atoms with Gasteiger partial charge in [0.15, 0.2) is 5.96 Å². The lowest BCUT2D eigenvalue weighted by atomic mass is 10.1. The van der Waals surface area contributed by atoms with Gasteiger partial charge in [-0.15, -0.1) is 24.0 Å². The number of ether oxygens (including phenoxy) is 2. The van der Waals surface area contributed by atoms with Crippen LogP contribution in [0.25, 0.3) is 0 Å². The van der Waals surface area contributed by atoms with Gasteiger partial charge in [-0.05, 0) is 50.2 Å². The molecular weight excluding hydrogens is 514 g/mol. The fourth-order valence-corrected chi connectivity index (χ4v) is 3.21. The van der Waals surface area contributed by atoms with Crippen molar-refractivity contribution in [2.24, 2.45) is 4.99 Å². The van der Waals surface area contributed by atoms with Crippen LogP contribution in [-0.2, 0) is 17.8 Å². The fraction of sp³-hybridized carbons (Fsp3) is 0.364. The maximum Gasteiger partial charge on any atom is 0.243 e. The predicted octanol–water partition coefficient (Wildman–Crippen LogP) is 3.47. The van der Waals surface area contributed by atoms with E-state index < -0.39 is 0 Å². The highest BCUT2D eigenvalue weighted by Gasteiger charge is 2.22. The molecule has 0 saturated heterocycles. The normalized spacial score (nSPS) is 14.7. The van der Waals surface area contributed by atoms with Crippen LogP contribution >= 0.6 is 24.0 Å². The van der Waals surface area contributed by atoms with E-state index in [-0.39, 0.29) is 48.3 Å². The van der Waals surface area contributed by atoms with E-state index >= 15 is 0 Å². The molecule has 0 aromatic heterocycles. The van der Waals surface area contributed by atoms with Crippen molar-refractivity contribution in [2.45, 2.75) is 32.9 Å². The Morgan fingerprint density at radius 3 is 2.68 bits per heavy atom. The number of amides is 1. The van der Waals surface area contributed by atoms with Crippen molar-refractivity contribution in [3.8, 4) is 11.5 Å². The second kappa shape index (κ2) is 11.7. The molecule has 1 aliphatic rings. The smallest absolute Gasteiger partial charge is 0.243 e. The topological polar surface area (TPSA) is 84.0 Å². The molecule has 1 atom stereocenters. The van der Waals surface area contributed by atoms with Crippen LogP contribution in [0.15, 0.2) is 41.4 Å². The molecule has 2 aromatic rings. The maximum atomic E-state index is 13.0. The zero-order valence-electron chi connectivity index (χ0n) is 17.8. The minimum absolute atomic E-state index is 0. The molecule has 1 unspecified atom stereocenters. The van der Waals surface area contributed by atoms with Crippen LogP contribution in [-0.4, -0.2) is 38.2 Å². The number of benzene rings is 2. The number of carbonyl (C=O) groups is 1. The third kappa shape index (κ3) is 6.98. The summed E-state index contributed by atoms with van der Waals surface area (Å²) in [5.74, 6) is 1.55. The first kappa shape index (κ1) is 24.7. The number of hydrogen-bond donors (Lipinski definition) is 3. The Morgan fingerprint density at radius 1 is 1.26 bits per heavy atom. The highest BCUT2D eigenvalue weighted by molar-refractivity contribution is 14.0. The molecule has 0 saturated carbocycles. The van der Waals surface area contributed by atoms with Crippen LogP contribution in [0.1, 0.15) is 25.0 Å². The number of hydrogen-bond acceptors (Lipinski definition) is 4. The third-order valence-corrected chi connectivity index (χ3v) is 4.59. The van der Waals surface area contributed by atoms with Crippen molar-refractivity contribution >= 4 is 41.5 Å². The molecule has 3 N–H and O–H groups in total. The van der Waals surface area contributed by atoms with Gasteiger partial charge in [0.1, 0.15) is 23.4 Å². The Balaban J connectivity index is 0.00000341. The van der Waals surface area contributed by atoms with Crippen molar-refractivity contribution < 1.29 is 18.7 Å². The molecule has 0 radical (unpaired) electrons. The van der Waals surface area contributed by atoms with Gasteiger partial charge >= 0.3 is 0 Å². The van der Waals surface area contributed by atoms with Gasteiger partial charge in [0.2, 0.25) is 5.91 Å². The molecule has 1 amide bonds. The van der Waals surface area contributed by atoms with E-state index in [0.29, 0.717) is 24.8 Å². The van der Waals surface area contributed by atoms with Gasteiger partial charge < -0.3 is 25.4 Å². The summed E-state index contributed by atoms with van der Waals surface area (Å²) in [7, 11) is 1.63. The van der Waals surface area contributed by atoms with E-state index in [1.807, 2.05) is 26.0 Å². The minimum atomic E-state index is -0.353. The van der Waals surface area contributed by atoms with Gasteiger partial charge in [0.05, 0.1) is 13.2 Å². The lowest BCUT2D eigenvalue weighted by Gasteiger charge is -2.15. The average molecular weight is 542 g/mol. The standard InChI is InChI=1S/C22H27FN4O3.HI/c1-4-29-19-10-15-9-14(2)30-20(15)11-16(19)12-25-22(24-3)26-13-21(28)27-18-7-5-17(23)6-8-18;/h5-8,10-11,14H,4,9,12-13H2,1-3H3,(H,27,28)(H2,24,25,26);1H. The van der Waals surface area contributed by atoms with Gasteiger partial charge in [-0.25, -0.2) is 4.39 Å². The molecule has 2 aromatic carbocycles. The van der Waals surface area contributed by atoms with Gasteiger partial charge in [0, 0.05) is 36.8 Å². The number of nitrogens with one attached hydrogen (secondary N) is 3. The molecule has 0 fully saturated rings. The molecule has 0 bridgehead atoms. The lowest BCUT2D eigenvalue weighted by molar-refractivity contribution is -0.115. The van der Waals surface area contributed by atoms with Crippen LogP contribution in [0.4, 0.5) is 10.1 Å². The number of anilines is 1. The highest BCUT2D eigenvalue weighted by Crippen LogP contribution is 2.35. The Bertz CT molecular complexity index is 922. The average Bonchev–Trinajstić information content (AvgIpc) is 3.09. The number of carbonyl (C=O) groups excluding carboxylic acids is 1. The molecular formula is C22H28FIN4O3. The maximum absolute atomic E-state index is 13.0. The first-order chi connectivity index (χ1) is 14.5. The van der Waals surface area contributed by atoms with E-state index in [4.69, 9.17) is 9.47 Å². The van der Waals surface area contributed by atoms with E-state index in [1.54, 1.807) is 7.05 Å². The van der Waals surface area contributed by atoms with Crippen LogP contribution in [0.5, 0.6) is 11.5 Å². The van der Waals surface area contributed by atoms with Crippen molar-refractivity contribution in [1.29, 1.82) is 0 Å². The number of fused-ring (bicyclic) bond motifs is 1. The molecule has 1 heterocycles. The monoisotopic (exact) mass is 542 g/mol. The molecule has 3 rings (SSSR count). The van der Waals surface area contributed by atoms with Crippen molar-refractivity contribution in [3.63, 3.8) is 0 Å². The largest absolute Gasteiger partial charge is 0.494 e. The summed E-state index contributed by atoms with van der Waals surface area (Å²) in [5, 5.41) is 8.84. The summed E-state index contributed by atoms with van der Waals surface area (Å²) in [6.07, 6.45) is 1.03. The van der Waals surface area contributed by atoms with E-state index in [9.17, 15) is 9.18 Å². The molecule has 0 aliphatic carbocycles. The number of halogens is 2. The van der Waals surface area contributed by atoms with E-state index in [2.05, 4.69) is 20.9 Å². The Labute approximate surface area is 198 Å². The van der Waals surface area contributed by atoms with Gasteiger partial charge in [0.25, 0.3) is 0 Å². The Kier molecular flexibility index (Phi) is 9.35. The van der Waals surface area contributed by atoms with Crippen LogP contribution in [0, 0.1) is 5.82 Å². The van der Waals surface area contributed by atoms with Crippen LogP contribution in [0.3, 0.4) is 0 Å². The first-order valence-electron chi connectivity index (χ1n) is 9.93. The summed E-state index contributed by atoms with van der Waals surface area (Å²) in [4.78, 5) is 16.2. The van der Waals surface area contributed by atoms with Crippen LogP contribution < -0.4 is 25.4 Å². The summed E-state index contributed by atoms with van der Waals surface area (Å²) < 4.78 is 24.6. The Morgan fingerprint density at radius 2 is 2.00 bits per heavy atom. The van der Waals surface area contributed by atoms with Gasteiger partial charge in [-0.2, -0.15) is 0 Å². The lowest BCUT2D eigenvalue weighted by Crippen LogP contribution is -2.41. The van der Waals surface area contributed by atoms with Gasteiger partial charge in [-0.1, -0.05) is 0 Å². The van der Waals surface area contributed by atoms with E-state index in [1.165, 1.54) is 24.3 Å².